The molecule has 0 fully saturated rings. The number of pyridine rings is 2. The van der Waals surface area contributed by atoms with E-state index in [4.69, 9.17) is 14.8 Å². The van der Waals surface area contributed by atoms with E-state index >= 15 is 0 Å². The van der Waals surface area contributed by atoms with Gasteiger partial charge in [0.2, 0.25) is 0 Å². The number of hydrogen-bond acceptors (Lipinski definition) is 6. The quantitative estimate of drug-likeness (QED) is 0.442. The normalized spacial score (nSPS) is 15.6. The molecule has 0 radical (unpaired) electrons. The summed E-state index contributed by atoms with van der Waals surface area (Å²) in [5, 5.41) is 12.6. The number of nitrogens with one attached hydrogen (secondary N) is 1. The number of hydrogen-bond donors (Lipinski definition) is 1. The van der Waals surface area contributed by atoms with Crippen molar-refractivity contribution in [2.24, 2.45) is 7.05 Å². The van der Waals surface area contributed by atoms with Crippen LogP contribution in [0.3, 0.4) is 0 Å². The number of aromatic nitrogens is 5. The molecule has 0 amide bonds. The van der Waals surface area contributed by atoms with Crippen molar-refractivity contribution in [3.05, 3.63) is 54.0 Å². The highest BCUT2D eigenvalue weighted by Crippen LogP contribution is 2.31. The van der Waals surface area contributed by atoms with Gasteiger partial charge in [-0.25, -0.2) is 9.50 Å². The molecule has 5 bridgehead atoms. The van der Waals surface area contributed by atoms with Gasteiger partial charge in [0.05, 0.1) is 11.7 Å². The van der Waals surface area contributed by atoms with Gasteiger partial charge in [-0.1, -0.05) is 13.3 Å². The SMILES string of the molecule is CCCN1CCCCCc2cc(C)cc(n2)Nc2cc3cc(ccn3n2)-c2c(cnn2C)OCC1. The lowest BCUT2D eigenvalue weighted by Crippen LogP contribution is -2.30. The summed E-state index contributed by atoms with van der Waals surface area (Å²) in [7, 11) is 1.96. The predicted molar refractivity (Wildman–Crippen MR) is 139 cm³/mol. The first-order chi connectivity index (χ1) is 17.1. The molecule has 0 aromatic carbocycles. The van der Waals surface area contributed by atoms with Crippen LogP contribution in [0.15, 0.2) is 42.7 Å². The van der Waals surface area contributed by atoms with Crippen LogP contribution in [0, 0.1) is 6.92 Å². The second-order valence-electron chi connectivity index (χ2n) is 9.44. The van der Waals surface area contributed by atoms with Crippen molar-refractivity contribution < 1.29 is 4.74 Å². The zero-order chi connectivity index (χ0) is 24.2. The number of rotatable bonds is 2. The summed E-state index contributed by atoms with van der Waals surface area (Å²) in [5.41, 5.74) is 5.37. The van der Waals surface area contributed by atoms with Gasteiger partial charge in [-0.2, -0.15) is 10.2 Å². The lowest BCUT2D eigenvalue weighted by molar-refractivity contribution is 0.206. The molecule has 0 atom stereocenters. The third kappa shape index (κ3) is 5.48. The highest BCUT2D eigenvalue weighted by atomic mass is 16.5. The molecule has 1 aliphatic heterocycles. The molecule has 184 valence electrons. The van der Waals surface area contributed by atoms with E-state index in [1.807, 2.05) is 34.7 Å². The average Bonchev–Trinajstić information content (AvgIpc) is 3.39. The summed E-state index contributed by atoms with van der Waals surface area (Å²) in [6.45, 7) is 8.13. The van der Waals surface area contributed by atoms with Crippen molar-refractivity contribution in [2.45, 2.75) is 46.0 Å². The molecule has 0 saturated heterocycles. The highest BCUT2D eigenvalue weighted by Gasteiger charge is 2.15. The first-order valence-electron chi connectivity index (χ1n) is 12.7. The van der Waals surface area contributed by atoms with Crippen LogP contribution in [-0.2, 0) is 13.5 Å². The Labute approximate surface area is 206 Å². The maximum absolute atomic E-state index is 6.25. The lowest BCUT2D eigenvalue weighted by atomic mass is 10.1. The number of anilines is 2. The van der Waals surface area contributed by atoms with E-state index < -0.39 is 0 Å². The summed E-state index contributed by atoms with van der Waals surface area (Å²) < 4.78 is 10.0. The van der Waals surface area contributed by atoms with Crippen LogP contribution in [0.1, 0.15) is 43.9 Å². The molecule has 4 aromatic heterocycles. The van der Waals surface area contributed by atoms with Gasteiger partial charge in [0.1, 0.15) is 18.1 Å². The Balaban J connectivity index is 1.48. The Morgan fingerprint density at radius 1 is 1.06 bits per heavy atom. The Hall–Kier alpha value is -3.39. The third-order valence-corrected chi connectivity index (χ3v) is 6.53. The second-order valence-corrected chi connectivity index (χ2v) is 9.44. The van der Waals surface area contributed by atoms with E-state index in [1.165, 1.54) is 18.4 Å². The van der Waals surface area contributed by atoms with Gasteiger partial charge in [-0.15, -0.1) is 0 Å². The van der Waals surface area contributed by atoms with Crippen LogP contribution in [0.5, 0.6) is 5.75 Å². The van der Waals surface area contributed by atoms with E-state index in [-0.39, 0.29) is 0 Å². The Morgan fingerprint density at radius 2 is 1.97 bits per heavy atom. The van der Waals surface area contributed by atoms with Crippen LogP contribution < -0.4 is 10.1 Å². The van der Waals surface area contributed by atoms with Crippen molar-refractivity contribution in [3.63, 3.8) is 0 Å². The van der Waals surface area contributed by atoms with Crippen LogP contribution >= 0.6 is 0 Å². The van der Waals surface area contributed by atoms with E-state index in [0.29, 0.717) is 6.61 Å². The molecule has 0 aliphatic carbocycles. The molecule has 8 nitrogen and oxygen atoms in total. The van der Waals surface area contributed by atoms with Crippen LogP contribution in [0.4, 0.5) is 11.6 Å². The van der Waals surface area contributed by atoms with E-state index in [0.717, 1.165) is 78.7 Å². The first-order valence-corrected chi connectivity index (χ1v) is 12.7. The molecular weight excluding hydrogens is 438 g/mol. The second kappa shape index (κ2) is 10.5. The third-order valence-electron chi connectivity index (χ3n) is 6.53. The molecule has 5 heterocycles. The zero-order valence-corrected chi connectivity index (χ0v) is 21.0. The maximum Gasteiger partial charge on any atom is 0.165 e. The van der Waals surface area contributed by atoms with Gasteiger partial charge in [-0.05, 0) is 75.5 Å². The molecular formula is C27H35N7O. The molecule has 1 aliphatic rings. The standard InChI is InChI=1S/C27H35N7O/c1-4-10-33-11-7-5-6-8-22-15-20(2)16-25(29-22)30-26-18-23-17-21(9-12-34(23)31-26)27-24(35-14-13-33)19-28-32(27)3/h9,12,15-19H,4-8,10-11,13-14H2,1-3H3,(H,29,30,31). The van der Waals surface area contributed by atoms with Crippen LogP contribution in [0.2, 0.25) is 0 Å². The Bertz CT molecular complexity index is 1290. The number of nitrogens with zero attached hydrogens (tertiary/aromatic N) is 6. The monoisotopic (exact) mass is 473 g/mol. The minimum atomic E-state index is 0.650. The fraction of sp³-hybridized carbons (Fsp3) is 0.444. The molecule has 0 saturated carbocycles. The fourth-order valence-corrected chi connectivity index (χ4v) is 4.87. The molecule has 0 unspecified atom stereocenters. The Morgan fingerprint density at radius 3 is 2.86 bits per heavy atom. The van der Waals surface area contributed by atoms with Crippen molar-refractivity contribution in [3.8, 4) is 17.0 Å². The zero-order valence-electron chi connectivity index (χ0n) is 21.0. The van der Waals surface area contributed by atoms with E-state index in [2.05, 4.69) is 53.4 Å². The minimum absolute atomic E-state index is 0.650. The highest BCUT2D eigenvalue weighted by molar-refractivity contribution is 5.72. The van der Waals surface area contributed by atoms with Gasteiger partial charge in [0.25, 0.3) is 0 Å². The van der Waals surface area contributed by atoms with Crippen molar-refractivity contribution >= 4 is 17.2 Å². The van der Waals surface area contributed by atoms with Crippen molar-refractivity contribution in [1.29, 1.82) is 0 Å². The van der Waals surface area contributed by atoms with Crippen molar-refractivity contribution in [1.82, 2.24) is 29.3 Å². The summed E-state index contributed by atoms with van der Waals surface area (Å²) >= 11 is 0. The number of fused-ring (bicyclic) bond motifs is 6. The average molecular weight is 474 g/mol. The predicted octanol–water partition coefficient (Wildman–Crippen LogP) is 5.00. The molecule has 4 aromatic rings. The van der Waals surface area contributed by atoms with Gasteiger partial charge < -0.3 is 10.1 Å². The van der Waals surface area contributed by atoms with Gasteiger partial charge >= 0.3 is 0 Å². The van der Waals surface area contributed by atoms with Crippen molar-refractivity contribution in [2.75, 3.05) is 31.6 Å². The van der Waals surface area contributed by atoms with Crippen LogP contribution in [0.25, 0.3) is 16.8 Å². The lowest BCUT2D eigenvalue weighted by Gasteiger charge is -2.21. The minimum Gasteiger partial charge on any atom is -0.488 e. The molecule has 35 heavy (non-hydrogen) atoms. The molecule has 8 heteroatoms. The number of ether oxygens (including phenoxy) is 1. The smallest absolute Gasteiger partial charge is 0.165 e. The maximum atomic E-state index is 6.25. The fourth-order valence-electron chi connectivity index (χ4n) is 4.87. The summed E-state index contributed by atoms with van der Waals surface area (Å²) in [6, 6.07) is 10.5. The molecule has 0 spiro atoms. The van der Waals surface area contributed by atoms with E-state index in [9.17, 15) is 0 Å². The largest absolute Gasteiger partial charge is 0.488 e. The summed E-state index contributed by atoms with van der Waals surface area (Å²) in [5.74, 6) is 2.43. The summed E-state index contributed by atoms with van der Waals surface area (Å²) in [4.78, 5) is 7.38. The molecule has 1 N–H and O–H groups in total. The number of aryl methyl sites for hydroxylation is 3. The van der Waals surface area contributed by atoms with Gasteiger partial charge in [0, 0.05) is 37.1 Å². The van der Waals surface area contributed by atoms with Gasteiger partial charge in [-0.3, -0.25) is 9.58 Å². The Kier molecular flexibility index (Phi) is 6.99. The summed E-state index contributed by atoms with van der Waals surface area (Å²) in [6.07, 6.45) is 9.46. The first kappa shape index (κ1) is 23.4. The van der Waals surface area contributed by atoms with Gasteiger partial charge in [0.15, 0.2) is 11.6 Å². The topological polar surface area (TPSA) is 72.5 Å². The molecule has 5 rings (SSSR count). The van der Waals surface area contributed by atoms with E-state index in [1.54, 1.807) is 0 Å². The van der Waals surface area contributed by atoms with Crippen LogP contribution in [-0.4, -0.2) is 55.5 Å².